The summed E-state index contributed by atoms with van der Waals surface area (Å²) in [6, 6.07) is 14.9. The second kappa shape index (κ2) is 8.44. The van der Waals surface area contributed by atoms with Gasteiger partial charge in [0, 0.05) is 17.5 Å². The lowest BCUT2D eigenvalue weighted by molar-refractivity contribution is -0.274. The standard InChI is InChI=1S/C17H14F3NO2S/c18-17(19,20)23-14-8-6-13(7-9-14)12-21-16(22)10-11-24-15-4-2-1-3-5-15/h1-11H,12H2,(H,21,22). The summed E-state index contributed by atoms with van der Waals surface area (Å²) in [7, 11) is 0. The van der Waals surface area contributed by atoms with Crippen LogP contribution in [0.5, 0.6) is 5.75 Å². The maximum atomic E-state index is 12.0. The lowest BCUT2D eigenvalue weighted by atomic mass is 10.2. The first-order chi connectivity index (χ1) is 11.4. The van der Waals surface area contributed by atoms with Gasteiger partial charge in [0.1, 0.15) is 5.75 Å². The van der Waals surface area contributed by atoms with Gasteiger partial charge in [-0.15, -0.1) is 13.2 Å². The molecule has 0 aromatic heterocycles. The third-order valence-electron chi connectivity index (χ3n) is 2.79. The van der Waals surface area contributed by atoms with E-state index in [1.54, 1.807) is 5.41 Å². The molecule has 0 aliphatic heterocycles. The summed E-state index contributed by atoms with van der Waals surface area (Å²) in [5.41, 5.74) is 0.669. The van der Waals surface area contributed by atoms with E-state index in [4.69, 9.17) is 0 Å². The van der Waals surface area contributed by atoms with Gasteiger partial charge in [-0.1, -0.05) is 42.1 Å². The summed E-state index contributed by atoms with van der Waals surface area (Å²) in [4.78, 5) is 12.7. The number of carbonyl (C=O) groups is 1. The van der Waals surface area contributed by atoms with E-state index in [0.29, 0.717) is 5.56 Å². The molecule has 3 nitrogen and oxygen atoms in total. The van der Waals surface area contributed by atoms with Gasteiger partial charge in [0.15, 0.2) is 0 Å². The van der Waals surface area contributed by atoms with Gasteiger partial charge in [-0.3, -0.25) is 4.79 Å². The average molecular weight is 353 g/mol. The molecule has 0 fully saturated rings. The Balaban J connectivity index is 1.77. The number of carbonyl (C=O) groups excluding carboxylic acids is 1. The number of thioether (sulfide) groups is 1. The van der Waals surface area contributed by atoms with Crippen LogP contribution in [-0.4, -0.2) is 12.3 Å². The number of hydrogen-bond acceptors (Lipinski definition) is 3. The summed E-state index contributed by atoms with van der Waals surface area (Å²) in [6.45, 7) is 0.214. The molecule has 0 saturated carbocycles. The molecule has 0 bridgehead atoms. The van der Waals surface area contributed by atoms with E-state index in [1.807, 2.05) is 30.3 Å². The summed E-state index contributed by atoms with van der Waals surface area (Å²) in [5, 5.41) is 4.32. The zero-order chi connectivity index (χ0) is 17.4. The van der Waals surface area contributed by atoms with Crippen molar-refractivity contribution < 1.29 is 22.7 Å². The van der Waals surface area contributed by atoms with Crippen LogP contribution in [0.25, 0.3) is 0 Å². The van der Waals surface area contributed by atoms with Crippen molar-refractivity contribution in [1.82, 2.24) is 5.32 Å². The molecule has 1 N–H and O–H groups in total. The summed E-state index contributed by atoms with van der Waals surface area (Å²) in [5.74, 6) is -0.578. The molecular formula is C17H14F3NO2S. The molecule has 0 saturated heterocycles. The number of ether oxygens (including phenoxy) is 1. The summed E-state index contributed by atoms with van der Waals surface area (Å²) < 4.78 is 39.9. The molecule has 7 heteroatoms. The lowest BCUT2D eigenvalue weighted by Gasteiger charge is -2.09. The van der Waals surface area contributed by atoms with Crippen molar-refractivity contribution in [3.05, 3.63) is 71.6 Å². The highest BCUT2D eigenvalue weighted by molar-refractivity contribution is 8.02. The first-order valence-corrected chi connectivity index (χ1v) is 7.81. The maximum Gasteiger partial charge on any atom is 0.573 e. The predicted molar refractivity (Wildman–Crippen MR) is 86.4 cm³/mol. The molecule has 24 heavy (non-hydrogen) atoms. The Kier molecular flexibility index (Phi) is 6.31. The third kappa shape index (κ3) is 6.78. The normalized spacial score (nSPS) is 11.5. The van der Waals surface area contributed by atoms with Crippen LogP contribution in [-0.2, 0) is 11.3 Å². The van der Waals surface area contributed by atoms with Crippen molar-refractivity contribution in [2.24, 2.45) is 0 Å². The number of alkyl halides is 3. The first-order valence-electron chi connectivity index (χ1n) is 6.93. The fraction of sp³-hybridized carbons (Fsp3) is 0.118. The monoisotopic (exact) mass is 353 g/mol. The Morgan fingerprint density at radius 1 is 1.08 bits per heavy atom. The molecule has 0 radical (unpaired) electrons. The van der Waals surface area contributed by atoms with Gasteiger partial charge in [0.05, 0.1) is 0 Å². The van der Waals surface area contributed by atoms with E-state index in [9.17, 15) is 18.0 Å². The van der Waals surface area contributed by atoms with E-state index in [0.717, 1.165) is 4.90 Å². The smallest absolute Gasteiger partial charge is 0.406 e. The Morgan fingerprint density at radius 3 is 2.38 bits per heavy atom. The number of rotatable bonds is 6. The van der Waals surface area contributed by atoms with Gasteiger partial charge in [-0.2, -0.15) is 0 Å². The summed E-state index contributed by atoms with van der Waals surface area (Å²) >= 11 is 1.41. The molecular weight excluding hydrogens is 339 g/mol. The molecule has 2 aromatic carbocycles. The molecule has 2 aromatic rings. The Hall–Kier alpha value is -2.41. The molecule has 0 aliphatic carbocycles. The van der Waals surface area contributed by atoms with Crippen LogP contribution in [0, 0.1) is 0 Å². The van der Waals surface area contributed by atoms with Crippen LogP contribution in [0.3, 0.4) is 0 Å². The number of nitrogens with one attached hydrogen (secondary N) is 1. The minimum atomic E-state index is -4.71. The highest BCUT2D eigenvalue weighted by Crippen LogP contribution is 2.22. The van der Waals surface area contributed by atoms with E-state index in [-0.39, 0.29) is 18.2 Å². The van der Waals surface area contributed by atoms with E-state index in [1.165, 1.54) is 42.1 Å². The minimum absolute atomic E-state index is 0.214. The molecule has 126 valence electrons. The van der Waals surface area contributed by atoms with Crippen molar-refractivity contribution in [1.29, 1.82) is 0 Å². The molecule has 2 rings (SSSR count). The van der Waals surface area contributed by atoms with Gasteiger partial charge >= 0.3 is 6.36 Å². The summed E-state index contributed by atoms with van der Waals surface area (Å²) in [6.07, 6.45) is -3.31. The van der Waals surface area contributed by atoms with Crippen molar-refractivity contribution >= 4 is 17.7 Å². The highest BCUT2D eigenvalue weighted by atomic mass is 32.2. The van der Waals surface area contributed by atoms with Crippen LogP contribution < -0.4 is 10.1 Å². The number of hydrogen-bond donors (Lipinski definition) is 1. The zero-order valence-electron chi connectivity index (χ0n) is 12.4. The zero-order valence-corrected chi connectivity index (χ0v) is 13.2. The minimum Gasteiger partial charge on any atom is -0.406 e. The first kappa shape index (κ1) is 17.9. The fourth-order valence-electron chi connectivity index (χ4n) is 1.73. The van der Waals surface area contributed by atoms with Gasteiger partial charge in [-0.25, -0.2) is 0 Å². The van der Waals surface area contributed by atoms with Crippen LogP contribution in [0.15, 0.2) is 71.0 Å². The molecule has 1 amide bonds. The lowest BCUT2D eigenvalue weighted by Crippen LogP contribution is -2.20. The van der Waals surface area contributed by atoms with Crippen molar-refractivity contribution in [3.63, 3.8) is 0 Å². The fourth-order valence-corrected chi connectivity index (χ4v) is 2.39. The van der Waals surface area contributed by atoms with E-state index >= 15 is 0 Å². The van der Waals surface area contributed by atoms with E-state index < -0.39 is 6.36 Å². The number of amides is 1. The number of halogens is 3. The molecule has 0 heterocycles. The van der Waals surface area contributed by atoms with E-state index in [2.05, 4.69) is 10.1 Å². The largest absolute Gasteiger partial charge is 0.573 e. The maximum absolute atomic E-state index is 12.0. The molecule has 0 unspecified atom stereocenters. The van der Waals surface area contributed by atoms with Crippen LogP contribution >= 0.6 is 11.8 Å². The van der Waals surface area contributed by atoms with Crippen LogP contribution in [0.1, 0.15) is 5.56 Å². The third-order valence-corrected chi connectivity index (χ3v) is 3.61. The van der Waals surface area contributed by atoms with Crippen molar-refractivity contribution in [2.45, 2.75) is 17.8 Å². The second-order valence-corrected chi connectivity index (χ2v) is 5.62. The Morgan fingerprint density at radius 2 is 1.75 bits per heavy atom. The van der Waals surface area contributed by atoms with Crippen molar-refractivity contribution in [3.8, 4) is 5.75 Å². The highest BCUT2D eigenvalue weighted by Gasteiger charge is 2.30. The predicted octanol–water partition coefficient (Wildman–Crippen LogP) is 4.51. The molecule has 0 aliphatic rings. The number of benzene rings is 2. The Bertz CT molecular complexity index is 685. The van der Waals surface area contributed by atoms with Gasteiger partial charge < -0.3 is 10.1 Å². The van der Waals surface area contributed by atoms with Crippen LogP contribution in [0.2, 0.25) is 0 Å². The average Bonchev–Trinajstić information content (AvgIpc) is 2.54. The molecule has 0 spiro atoms. The van der Waals surface area contributed by atoms with Gasteiger partial charge in [0.2, 0.25) is 5.91 Å². The quantitative estimate of drug-likeness (QED) is 0.613. The van der Waals surface area contributed by atoms with Gasteiger partial charge in [-0.05, 0) is 35.2 Å². The Labute approximate surface area is 141 Å². The van der Waals surface area contributed by atoms with Crippen LogP contribution in [0.4, 0.5) is 13.2 Å². The van der Waals surface area contributed by atoms with Gasteiger partial charge in [0.25, 0.3) is 0 Å². The molecule has 0 atom stereocenters. The topological polar surface area (TPSA) is 38.3 Å². The SMILES string of the molecule is O=C(C=CSc1ccccc1)NCc1ccc(OC(F)(F)F)cc1. The van der Waals surface area contributed by atoms with Crippen molar-refractivity contribution in [2.75, 3.05) is 0 Å². The second-order valence-electron chi connectivity index (χ2n) is 4.64.